The monoisotopic (exact) mass is 198 g/mol. The summed E-state index contributed by atoms with van der Waals surface area (Å²) < 4.78 is 5.19. The molecule has 1 aliphatic heterocycles. The minimum atomic E-state index is 0.507. The van der Waals surface area contributed by atoms with Gasteiger partial charge in [0.2, 0.25) is 0 Å². The highest BCUT2D eigenvalue weighted by atomic mass is 16.5. The summed E-state index contributed by atoms with van der Waals surface area (Å²) in [6, 6.07) is 0.507. The number of nitrogens with zero attached hydrogens (tertiary/aromatic N) is 2. The predicted molar refractivity (Wildman–Crippen MR) is 59.6 cm³/mol. The molecule has 0 radical (unpaired) electrons. The number of rotatable bonds is 5. The third kappa shape index (κ3) is 2.98. The Bertz CT molecular complexity index is 186. The first kappa shape index (κ1) is 11.5. The van der Waals surface area contributed by atoms with E-state index in [2.05, 4.69) is 24.0 Å². The van der Waals surface area contributed by atoms with Gasteiger partial charge in [-0.3, -0.25) is 5.01 Å². The molecule has 0 aromatic rings. The fourth-order valence-electron chi connectivity index (χ4n) is 1.89. The molecule has 1 saturated heterocycles. The summed E-state index contributed by atoms with van der Waals surface area (Å²) in [5, 5.41) is 6.90. The van der Waals surface area contributed by atoms with Crippen LogP contribution in [-0.4, -0.2) is 37.0 Å². The van der Waals surface area contributed by atoms with E-state index in [-0.39, 0.29) is 0 Å². The summed E-state index contributed by atoms with van der Waals surface area (Å²) in [6.07, 6.45) is 4.59. The van der Waals surface area contributed by atoms with Crippen LogP contribution in [0.25, 0.3) is 0 Å². The number of hydrazone groups is 1. The lowest BCUT2D eigenvalue weighted by Gasteiger charge is -2.21. The van der Waals surface area contributed by atoms with Gasteiger partial charge in [-0.2, -0.15) is 5.10 Å². The van der Waals surface area contributed by atoms with Crippen LogP contribution in [0.3, 0.4) is 0 Å². The molecule has 14 heavy (non-hydrogen) atoms. The third-order valence-corrected chi connectivity index (χ3v) is 2.79. The second-order valence-corrected chi connectivity index (χ2v) is 3.79. The van der Waals surface area contributed by atoms with Crippen LogP contribution in [0.4, 0.5) is 0 Å². The first-order chi connectivity index (χ1) is 6.81. The van der Waals surface area contributed by atoms with Crippen molar-refractivity contribution in [1.82, 2.24) is 5.01 Å². The number of hydrogen-bond donors (Lipinski definition) is 0. The standard InChI is InChI=1S/C11H22N2O/c1-4-10(5-2)12-13-8-6-7-11(13)9-14-3/h11H,4-9H2,1-3H3/t11-/m1/s1. The van der Waals surface area contributed by atoms with Crippen LogP contribution >= 0.6 is 0 Å². The molecule has 0 unspecified atom stereocenters. The number of ether oxygens (including phenoxy) is 1. The summed E-state index contributed by atoms with van der Waals surface area (Å²) in [5.41, 5.74) is 1.30. The van der Waals surface area contributed by atoms with Crippen molar-refractivity contribution in [2.24, 2.45) is 5.10 Å². The van der Waals surface area contributed by atoms with E-state index in [0.29, 0.717) is 6.04 Å². The summed E-state index contributed by atoms with van der Waals surface area (Å²) in [4.78, 5) is 0. The first-order valence-corrected chi connectivity index (χ1v) is 5.63. The molecule has 0 amide bonds. The van der Waals surface area contributed by atoms with Crippen molar-refractivity contribution in [3.05, 3.63) is 0 Å². The van der Waals surface area contributed by atoms with Gasteiger partial charge in [-0.25, -0.2) is 0 Å². The van der Waals surface area contributed by atoms with Crippen molar-refractivity contribution in [3.63, 3.8) is 0 Å². The maximum atomic E-state index is 5.19. The van der Waals surface area contributed by atoms with Crippen molar-refractivity contribution in [3.8, 4) is 0 Å². The van der Waals surface area contributed by atoms with Crippen LogP contribution in [0.2, 0.25) is 0 Å². The number of hydrogen-bond acceptors (Lipinski definition) is 3. The van der Waals surface area contributed by atoms with Crippen LogP contribution in [0.1, 0.15) is 39.5 Å². The molecule has 0 aromatic heterocycles. The van der Waals surface area contributed by atoms with E-state index in [9.17, 15) is 0 Å². The van der Waals surface area contributed by atoms with E-state index in [1.54, 1.807) is 7.11 Å². The Hall–Kier alpha value is -0.570. The van der Waals surface area contributed by atoms with Crippen LogP contribution in [0.15, 0.2) is 5.10 Å². The zero-order chi connectivity index (χ0) is 10.4. The van der Waals surface area contributed by atoms with E-state index in [1.165, 1.54) is 18.6 Å². The summed E-state index contributed by atoms with van der Waals surface area (Å²) in [6.45, 7) is 6.25. The van der Waals surface area contributed by atoms with Gasteiger partial charge in [0.25, 0.3) is 0 Å². The van der Waals surface area contributed by atoms with E-state index in [1.807, 2.05) is 0 Å². The Labute approximate surface area is 87.1 Å². The van der Waals surface area contributed by atoms with Crippen molar-refractivity contribution in [2.45, 2.75) is 45.6 Å². The lowest BCUT2D eigenvalue weighted by Crippen LogP contribution is -2.29. The Morgan fingerprint density at radius 2 is 2.14 bits per heavy atom. The second-order valence-electron chi connectivity index (χ2n) is 3.79. The molecule has 3 nitrogen and oxygen atoms in total. The quantitative estimate of drug-likeness (QED) is 0.633. The molecule has 1 aliphatic rings. The van der Waals surface area contributed by atoms with Crippen LogP contribution in [-0.2, 0) is 4.74 Å². The maximum Gasteiger partial charge on any atom is 0.0704 e. The number of methoxy groups -OCH3 is 1. The van der Waals surface area contributed by atoms with Crippen molar-refractivity contribution in [1.29, 1.82) is 0 Å². The second kappa shape index (κ2) is 6.02. The maximum absolute atomic E-state index is 5.19. The fraction of sp³-hybridized carbons (Fsp3) is 0.909. The molecular formula is C11H22N2O. The van der Waals surface area contributed by atoms with E-state index >= 15 is 0 Å². The smallest absolute Gasteiger partial charge is 0.0704 e. The molecule has 1 fully saturated rings. The molecule has 0 N–H and O–H groups in total. The lowest BCUT2D eigenvalue weighted by atomic mass is 10.2. The summed E-state index contributed by atoms with van der Waals surface area (Å²) in [5.74, 6) is 0. The van der Waals surface area contributed by atoms with Crippen LogP contribution in [0.5, 0.6) is 0 Å². The van der Waals surface area contributed by atoms with Gasteiger partial charge in [0.15, 0.2) is 0 Å². The Kier molecular flexibility index (Phi) is 4.94. The summed E-state index contributed by atoms with van der Waals surface area (Å²) >= 11 is 0. The van der Waals surface area contributed by atoms with Gasteiger partial charge in [-0.15, -0.1) is 0 Å². The Balaban J connectivity index is 2.53. The van der Waals surface area contributed by atoms with Gasteiger partial charge in [0, 0.05) is 19.4 Å². The lowest BCUT2D eigenvalue weighted by molar-refractivity contribution is 0.117. The van der Waals surface area contributed by atoms with Crippen molar-refractivity contribution >= 4 is 5.71 Å². The molecule has 0 aromatic carbocycles. The summed E-state index contributed by atoms with van der Waals surface area (Å²) in [7, 11) is 1.76. The molecule has 1 heterocycles. The largest absolute Gasteiger partial charge is 0.382 e. The highest BCUT2D eigenvalue weighted by Gasteiger charge is 2.22. The van der Waals surface area contributed by atoms with E-state index < -0.39 is 0 Å². The van der Waals surface area contributed by atoms with E-state index in [0.717, 1.165) is 26.0 Å². The van der Waals surface area contributed by atoms with Gasteiger partial charge < -0.3 is 4.74 Å². The molecule has 3 heteroatoms. The fourth-order valence-corrected chi connectivity index (χ4v) is 1.89. The van der Waals surface area contributed by atoms with Gasteiger partial charge in [0.1, 0.15) is 0 Å². The van der Waals surface area contributed by atoms with Crippen LogP contribution < -0.4 is 0 Å². The van der Waals surface area contributed by atoms with Gasteiger partial charge in [-0.1, -0.05) is 13.8 Å². The third-order valence-electron chi connectivity index (χ3n) is 2.79. The van der Waals surface area contributed by atoms with E-state index in [4.69, 9.17) is 4.74 Å². The zero-order valence-corrected chi connectivity index (χ0v) is 9.62. The molecule has 82 valence electrons. The van der Waals surface area contributed by atoms with Gasteiger partial charge in [-0.05, 0) is 25.7 Å². The van der Waals surface area contributed by atoms with Crippen molar-refractivity contribution < 1.29 is 4.74 Å². The zero-order valence-electron chi connectivity index (χ0n) is 9.62. The molecule has 1 atom stereocenters. The average molecular weight is 198 g/mol. The molecule has 0 aliphatic carbocycles. The molecule has 0 bridgehead atoms. The molecule has 1 rings (SSSR count). The van der Waals surface area contributed by atoms with Gasteiger partial charge >= 0.3 is 0 Å². The van der Waals surface area contributed by atoms with Crippen molar-refractivity contribution in [2.75, 3.05) is 20.3 Å². The Morgan fingerprint density at radius 3 is 2.71 bits per heavy atom. The molecule has 0 spiro atoms. The average Bonchev–Trinajstić information content (AvgIpc) is 2.62. The topological polar surface area (TPSA) is 24.8 Å². The minimum absolute atomic E-state index is 0.507. The molecular weight excluding hydrogens is 176 g/mol. The first-order valence-electron chi connectivity index (χ1n) is 5.63. The van der Waals surface area contributed by atoms with Crippen LogP contribution in [0, 0.1) is 0 Å². The SMILES string of the molecule is CCC(CC)=NN1CCC[C@@H]1COC. The predicted octanol–water partition coefficient (Wildman–Crippen LogP) is 2.27. The minimum Gasteiger partial charge on any atom is -0.382 e. The molecule has 0 saturated carbocycles. The van der Waals surface area contributed by atoms with Gasteiger partial charge in [0.05, 0.1) is 12.6 Å². The Morgan fingerprint density at radius 1 is 1.43 bits per heavy atom. The highest BCUT2D eigenvalue weighted by Crippen LogP contribution is 2.18. The highest BCUT2D eigenvalue weighted by molar-refractivity contribution is 5.83. The normalized spacial score (nSPS) is 21.4.